The van der Waals surface area contributed by atoms with Crippen molar-refractivity contribution in [2.24, 2.45) is 0 Å². The minimum atomic E-state index is -0.547. The molecule has 0 radical (unpaired) electrons. The molecule has 162 valence electrons. The number of benzene rings is 1. The first-order chi connectivity index (χ1) is 14.9. The maximum Gasteiger partial charge on any atom is 0.333 e. The fraction of sp³-hybridized carbons (Fsp3) is 0.261. The molecule has 2 aromatic heterocycles. The molecule has 3 rings (SSSR count). The highest BCUT2D eigenvalue weighted by Gasteiger charge is 2.11. The zero-order valence-electron chi connectivity index (χ0n) is 17.6. The van der Waals surface area contributed by atoms with Gasteiger partial charge < -0.3 is 10.1 Å². The predicted octanol–water partition coefficient (Wildman–Crippen LogP) is 2.08. The summed E-state index contributed by atoms with van der Waals surface area (Å²) in [6.07, 6.45) is 3.07. The maximum atomic E-state index is 13.1. The summed E-state index contributed by atoms with van der Waals surface area (Å²) in [5.74, 6) is -0.847. The van der Waals surface area contributed by atoms with Crippen molar-refractivity contribution in [1.82, 2.24) is 9.88 Å². The Morgan fingerprint density at radius 3 is 2.74 bits per heavy atom. The van der Waals surface area contributed by atoms with Gasteiger partial charge in [-0.25, -0.2) is 4.79 Å². The van der Waals surface area contributed by atoms with Crippen LogP contribution in [0.5, 0.6) is 0 Å². The largest absolute Gasteiger partial charge is 0.463 e. The molecule has 0 bridgehead atoms. The first kappa shape index (κ1) is 22.7. The number of nitrogens with zero attached hydrogens (tertiary/aromatic N) is 1. The average Bonchev–Trinajstić information content (AvgIpc) is 3.34. The second-order valence-electron chi connectivity index (χ2n) is 6.95. The lowest BCUT2D eigenvalue weighted by atomic mass is 10.1. The van der Waals surface area contributed by atoms with Crippen LogP contribution in [0.2, 0.25) is 0 Å². The molecular formula is C23H24N2O4S2. The van der Waals surface area contributed by atoms with Gasteiger partial charge in [0, 0.05) is 4.88 Å². The summed E-state index contributed by atoms with van der Waals surface area (Å²) in [6.45, 7) is 6.13. The lowest BCUT2D eigenvalue weighted by Gasteiger charge is -2.04. The van der Waals surface area contributed by atoms with Crippen LogP contribution in [0.4, 0.5) is 0 Å². The normalized spacial score (nSPS) is 12.2. The summed E-state index contributed by atoms with van der Waals surface area (Å²) < 4.78 is 7.15. The number of rotatable bonds is 7. The molecule has 3 aromatic rings. The number of hydrogen-bond donors (Lipinski definition) is 1. The third-order valence-electron chi connectivity index (χ3n) is 4.53. The molecule has 0 unspecified atom stereocenters. The average molecular weight is 457 g/mol. The first-order valence-electron chi connectivity index (χ1n) is 9.83. The van der Waals surface area contributed by atoms with E-state index in [0.717, 1.165) is 21.6 Å². The third kappa shape index (κ3) is 6.02. The molecule has 1 amide bonds. The summed E-state index contributed by atoms with van der Waals surface area (Å²) in [7, 11) is 0. The number of ether oxygens (including phenoxy) is 1. The van der Waals surface area contributed by atoms with Crippen molar-refractivity contribution in [3.63, 3.8) is 0 Å². The molecule has 31 heavy (non-hydrogen) atoms. The van der Waals surface area contributed by atoms with E-state index in [-0.39, 0.29) is 24.6 Å². The number of carbonyl (C=O) groups excluding carboxylic acids is 2. The molecule has 0 aliphatic rings. The summed E-state index contributed by atoms with van der Waals surface area (Å²) in [6, 6.07) is 9.85. The Morgan fingerprint density at radius 1 is 1.23 bits per heavy atom. The van der Waals surface area contributed by atoms with Crippen LogP contribution in [-0.4, -0.2) is 23.1 Å². The number of nitrogens with one attached hydrogen (secondary N) is 1. The highest BCUT2D eigenvalue weighted by Crippen LogP contribution is 2.11. The van der Waals surface area contributed by atoms with Crippen molar-refractivity contribution >= 4 is 46.7 Å². The van der Waals surface area contributed by atoms with Crippen LogP contribution in [-0.2, 0) is 27.4 Å². The Kier molecular flexibility index (Phi) is 7.59. The quantitative estimate of drug-likeness (QED) is 0.552. The number of aromatic nitrogens is 1. The van der Waals surface area contributed by atoms with Crippen molar-refractivity contribution in [2.75, 3.05) is 6.61 Å². The molecule has 6 nitrogen and oxygen atoms in total. The fourth-order valence-electron chi connectivity index (χ4n) is 2.93. The second kappa shape index (κ2) is 10.4. The summed E-state index contributed by atoms with van der Waals surface area (Å²) in [4.78, 5) is 38.6. The van der Waals surface area contributed by atoms with Crippen molar-refractivity contribution in [1.29, 1.82) is 0 Å². The molecule has 0 aliphatic carbocycles. The van der Waals surface area contributed by atoms with Crippen LogP contribution in [0, 0.1) is 13.8 Å². The van der Waals surface area contributed by atoms with Gasteiger partial charge in [-0.05, 0) is 49.4 Å². The minimum absolute atomic E-state index is 0.174. The Morgan fingerprint density at radius 2 is 2.03 bits per heavy atom. The number of amides is 1. The highest BCUT2D eigenvalue weighted by molar-refractivity contribution is 7.09. The van der Waals surface area contributed by atoms with Gasteiger partial charge in [0.2, 0.25) is 5.91 Å². The van der Waals surface area contributed by atoms with Crippen molar-refractivity contribution < 1.29 is 14.3 Å². The van der Waals surface area contributed by atoms with Gasteiger partial charge in [0.05, 0.1) is 23.8 Å². The predicted molar refractivity (Wildman–Crippen MR) is 125 cm³/mol. The van der Waals surface area contributed by atoms with E-state index in [0.29, 0.717) is 15.7 Å². The van der Waals surface area contributed by atoms with Crippen molar-refractivity contribution in [2.45, 2.75) is 33.9 Å². The number of aryl methyl sites for hydroxylation is 2. The van der Waals surface area contributed by atoms with E-state index in [4.69, 9.17) is 4.74 Å². The van der Waals surface area contributed by atoms with Gasteiger partial charge in [-0.3, -0.25) is 14.2 Å². The molecular weight excluding hydrogens is 432 g/mol. The highest BCUT2D eigenvalue weighted by atomic mass is 32.1. The summed E-state index contributed by atoms with van der Waals surface area (Å²) in [5, 5.41) is 4.76. The van der Waals surface area contributed by atoms with Crippen LogP contribution < -0.4 is 20.1 Å². The molecule has 8 heteroatoms. The second-order valence-corrected chi connectivity index (χ2v) is 9.05. The van der Waals surface area contributed by atoms with Gasteiger partial charge in [0.15, 0.2) is 0 Å². The molecule has 0 spiro atoms. The SMILES string of the molecule is CCOC(=O)/C=c1\s/c(=C\c2cc(C)ccc2C)c(=O)n1CC(=O)NCc1cccs1. The van der Waals surface area contributed by atoms with E-state index in [1.807, 2.05) is 49.6 Å². The van der Waals surface area contributed by atoms with Gasteiger partial charge in [-0.2, -0.15) is 0 Å². The minimum Gasteiger partial charge on any atom is -0.463 e. The van der Waals surface area contributed by atoms with E-state index in [9.17, 15) is 14.4 Å². The van der Waals surface area contributed by atoms with E-state index in [1.165, 1.54) is 22.0 Å². The molecule has 0 saturated heterocycles. The van der Waals surface area contributed by atoms with Crippen LogP contribution >= 0.6 is 22.7 Å². The monoisotopic (exact) mass is 456 g/mol. The Bertz CT molecular complexity index is 1250. The number of thiazole rings is 1. The molecule has 0 saturated carbocycles. The van der Waals surface area contributed by atoms with Gasteiger partial charge in [-0.15, -0.1) is 22.7 Å². The molecule has 2 heterocycles. The topological polar surface area (TPSA) is 77.4 Å². The lowest BCUT2D eigenvalue weighted by Crippen LogP contribution is -2.38. The third-order valence-corrected chi connectivity index (χ3v) is 6.46. The Labute approximate surface area is 188 Å². The van der Waals surface area contributed by atoms with E-state index in [2.05, 4.69) is 5.32 Å². The van der Waals surface area contributed by atoms with E-state index in [1.54, 1.807) is 24.3 Å². The zero-order chi connectivity index (χ0) is 22.4. The maximum absolute atomic E-state index is 13.1. The van der Waals surface area contributed by atoms with Gasteiger partial charge >= 0.3 is 5.97 Å². The van der Waals surface area contributed by atoms with Crippen LogP contribution in [0.25, 0.3) is 12.2 Å². The molecule has 0 aliphatic heterocycles. The van der Waals surface area contributed by atoms with E-state index < -0.39 is 5.97 Å². The molecule has 1 aromatic carbocycles. The number of thiophene rings is 1. The first-order valence-corrected chi connectivity index (χ1v) is 11.5. The number of carbonyl (C=O) groups is 2. The molecule has 0 fully saturated rings. The molecule has 0 atom stereocenters. The van der Waals surface area contributed by atoms with Crippen LogP contribution in [0.1, 0.15) is 28.5 Å². The summed E-state index contributed by atoms with van der Waals surface area (Å²) in [5.41, 5.74) is 2.73. The van der Waals surface area contributed by atoms with Gasteiger partial charge in [0.1, 0.15) is 11.2 Å². The van der Waals surface area contributed by atoms with Gasteiger partial charge in [-0.1, -0.05) is 29.8 Å². The Balaban J connectivity index is 1.99. The van der Waals surface area contributed by atoms with Crippen molar-refractivity contribution in [3.8, 4) is 0 Å². The smallest absolute Gasteiger partial charge is 0.333 e. The Hall–Kier alpha value is -2.97. The van der Waals surface area contributed by atoms with E-state index >= 15 is 0 Å². The zero-order valence-corrected chi connectivity index (χ0v) is 19.3. The van der Waals surface area contributed by atoms with Crippen molar-refractivity contribution in [3.05, 3.63) is 76.8 Å². The fourth-order valence-corrected chi connectivity index (χ4v) is 4.60. The number of esters is 1. The van der Waals surface area contributed by atoms with Crippen LogP contribution in [0.15, 0.2) is 40.5 Å². The number of hydrogen-bond acceptors (Lipinski definition) is 6. The van der Waals surface area contributed by atoms with Gasteiger partial charge in [0.25, 0.3) is 5.56 Å². The molecule has 1 N–H and O–H groups in total. The summed E-state index contributed by atoms with van der Waals surface area (Å²) >= 11 is 2.71. The lowest BCUT2D eigenvalue weighted by molar-refractivity contribution is -0.135. The standard InChI is InChI=1S/C23H24N2O4S2/c1-4-29-22(27)12-21-25(14-20(26)24-13-18-6-5-9-30-18)23(28)19(31-21)11-17-10-15(2)7-8-16(17)3/h5-12H,4,13-14H2,1-3H3,(H,24,26)/b19-11-,21-12-. The van der Waals surface area contributed by atoms with Crippen LogP contribution in [0.3, 0.4) is 0 Å².